The van der Waals surface area contributed by atoms with Crippen molar-refractivity contribution >= 4 is 5.91 Å². The monoisotopic (exact) mass is 488 g/mol. The average Bonchev–Trinajstić information content (AvgIpc) is 2.78. The van der Waals surface area contributed by atoms with Crippen LogP contribution in [0.2, 0.25) is 0 Å². The highest BCUT2D eigenvalue weighted by atomic mass is 19.4. The topological polar surface area (TPSA) is 46.3 Å². The van der Waals surface area contributed by atoms with Crippen molar-refractivity contribution in [2.45, 2.75) is 57.9 Å². The number of likely N-dealkylation sites (tertiary alicyclic amines) is 1. The summed E-state index contributed by atoms with van der Waals surface area (Å²) in [4.78, 5) is 14.4. The molecule has 34 heavy (non-hydrogen) atoms. The van der Waals surface area contributed by atoms with E-state index >= 15 is 0 Å². The number of carbonyl (C=O) groups excluding carboxylic acids is 1. The van der Waals surface area contributed by atoms with Crippen molar-refractivity contribution in [1.82, 2.24) is 4.90 Å². The van der Waals surface area contributed by atoms with Gasteiger partial charge in [-0.2, -0.15) is 26.3 Å². The Kier molecular flexibility index (Phi) is 9.55. The van der Waals surface area contributed by atoms with Crippen LogP contribution in [0.4, 0.5) is 26.3 Å². The number of benzene rings is 2. The summed E-state index contributed by atoms with van der Waals surface area (Å²) in [7, 11) is 0. The molecule has 3 nitrogen and oxygen atoms in total. The molecule has 1 amide bonds. The van der Waals surface area contributed by atoms with Gasteiger partial charge in [0.1, 0.15) is 0 Å². The molecule has 1 heterocycles. The maximum atomic E-state index is 13.1. The molecule has 1 atom stereocenters. The molecule has 0 spiro atoms. The van der Waals surface area contributed by atoms with E-state index in [9.17, 15) is 31.1 Å². The van der Waals surface area contributed by atoms with Gasteiger partial charge in [-0.25, -0.2) is 0 Å². The third-order valence-electron chi connectivity index (χ3n) is 5.51. The van der Waals surface area contributed by atoms with Crippen LogP contribution in [-0.2, 0) is 18.8 Å². The summed E-state index contributed by atoms with van der Waals surface area (Å²) < 4.78 is 78.7. The molecule has 2 aromatic carbocycles. The molecule has 0 radical (unpaired) electrons. The van der Waals surface area contributed by atoms with Crippen LogP contribution in [0.1, 0.15) is 60.2 Å². The number of hydrogen-bond donors (Lipinski definition) is 1. The van der Waals surface area contributed by atoms with Gasteiger partial charge in [0.2, 0.25) is 0 Å². The van der Waals surface area contributed by atoms with Gasteiger partial charge < -0.3 is 10.6 Å². The first kappa shape index (κ1) is 27.7. The maximum absolute atomic E-state index is 13.1. The zero-order valence-electron chi connectivity index (χ0n) is 19.2. The Labute approximate surface area is 195 Å². The molecule has 3 rings (SSSR count). The number of rotatable bonds is 4. The number of carbonyl (C=O) groups is 1. The first-order valence-electron chi connectivity index (χ1n) is 11.2. The Hall–Kier alpha value is -2.55. The van der Waals surface area contributed by atoms with Crippen LogP contribution < -0.4 is 5.73 Å². The Morgan fingerprint density at radius 3 is 1.97 bits per heavy atom. The fourth-order valence-electron chi connectivity index (χ4n) is 3.61. The van der Waals surface area contributed by atoms with Crippen LogP contribution in [0.3, 0.4) is 0 Å². The van der Waals surface area contributed by atoms with Crippen molar-refractivity contribution in [3.05, 3.63) is 70.8 Å². The Balaban J connectivity index is 0.000000739. The molecule has 0 aliphatic carbocycles. The van der Waals surface area contributed by atoms with Crippen molar-refractivity contribution in [3.63, 3.8) is 0 Å². The first-order chi connectivity index (χ1) is 15.8. The van der Waals surface area contributed by atoms with Crippen LogP contribution in [0.15, 0.2) is 48.5 Å². The molecular weight excluding hydrogens is 458 g/mol. The highest BCUT2D eigenvalue weighted by Gasteiger charge is 2.38. The van der Waals surface area contributed by atoms with E-state index in [0.29, 0.717) is 43.9 Å². The molecular formula is C25H30F6N2O. The van der Waals surface area contributed by atoms with Crippen molar-refractivity contribution in [1.29, 1.82) is 0 Å². The van der Waals surface area contributed by atoms with Gasteiger partial charge in [-0.1, -0.05) is 44.2 Å². The van der Waals surface area contributed by atoms with Gasteiger partial charge in [0.15, 0.2) is 0 Å². The van der Waals surface area contributed by atoms with Gasteiger partial charge in [0.25, 0.3) is 5.91 Å². The molecule has 1 aliphatic rings. The molecule has 188 valence electrons. The fraction of sp³-hybridized carbons (Fsp3) is 0.480. The normalized spacial score (nSPS) is 16.8. The quantitative estimate of drug-likeness (QED) is 0.496. The van der Waals surface area contributed by atoms with Crippen molar-refractivity contribution in [2.24, 2.45) is 11.7 Å². The standard InChI is InChI=1S/C21H19F6NO.C4H11N/c22-20(23,24)16-11-15(12-17(13-16)21(25,26)27)19(29)28-9-5-4-8-18(28)10-14-6-2-1-3-7-14;1-4(2)3-5/h1-3,6-7,11-13,18H,4-5,8-10H2;4H,3,5H2,1-2H3/t18-;/m0./s1. The average molecular weight is 489 g/mol. The van der Waals surface area contributed by atoms with Crippen LogP contribution in [0.5, 0.6) is 0 Å². The molecule has 0 saturated carbocycles. The molecule has 0 aromatic heterocycles. The Bertz CT molecular complexity index is 893. The lowest BCUT2D eigenvalue weighted by molar-refractivity contribution is -0.143. The smallest absolute Gasteiger partial charge is 0.335 e. The first-order valence-corrected chi connectivity index (χ1v) is 11.2. The minimum atomic E-state index is -4.98. The number of hydrogen-bond acceptors (Lipinski definition) is 2. The molecule has 1 aliphatic heterocycles. The van der Waals surface area contributed by atoms with E-state index < -0.39 is 35.0 Å². The van der Waals surface area contributed by atoms with Gasteiger partial charge in [-0.3, -0.25) is 4.79 Å². The number of alkyl halides is 6. The van der Waals surface area contributed by atoms with Gasteiger partial charge in [0, 0.05) is 18.2 Å². The van der Waals surface area contributed by atoms with Gasteiger partial charge in [-0.05, 0) is 61.9 Å². The predicted molar refractivity (Wildman–Crippen MR) is 119 cm³/mol. The molecule has 2 N–H and O–H groups in total. The van der Waals surface area contributed by atoms with E-state index in [4.69, 9.17) is 5.73 Å². The van der Waals surface area contributed by atoms with Crippen molar-refractivity contribution in [2.75, 3.05) is 13.1 Å². The van der Waals surface area contributed by atoms with Crippen molar-refractivity contribution < 1.29 is 31.1 Å². The highest BCUT2D eigenvalue weighted by Crippen LogP contribution is 2.37. The van der Waals surface area contributed by atoms with Crippen LogP contribution in [-0.4, -0.2) is 29.9 Å². The Morgan fingerprint density at radius 1 is 0.971 bits per heavy atom. The minimum absolute atomic E-state index is 0.0361. The maximum Gasteiger partial charge on any atom is 0.416 e. The molecule has 1 saturated heterocycles. The third kappa shape index (κ3) is 8.04. The fourth-order valence-corrected chi connectivity index (χ4v) is 3.61. The van der Waals surface area contributed by atoms with Crippen LogP contribution in [0.25, 0.3) is 0 Å². The number of halogens is 6. The summed E-state index contributed by atoms with van der Waals surface area (Å²) in [5, 5.41) is 0. The zero-order valence-corrected chi connectivity index (χ0v) is 19.2. The molecule has 0 bridgehead atoms. The molecule has 0 unspecified atom stereocenters. The largest absolute Gasteiger partial charge is 0.416 e. The number of piperidine rings is 1. The van der Waals surface area contributed by atoms with Crippen LogP contribution in [0, 0.1) is 5.92 Å². The second kappa shape index (κ2) is 11.7. The molecule has 1 fully saturated rings. The van der Waals surface area contributed by atoms with E-state index in [0.717, 1.165) is 18.5 Å². The van der Waals surface area contributed by atoms with E-state index in [1.54, 1.807) is 0 Å². The summed E-state index contributed by atoms with van der Waals surface area (Å²) in [6.07, 6.45) is -7.33. The molecule has 9 heteroatoms. The summed E-state index contributed by atoms with van der Waals surface area (Å²) in [5.41, 5.74) is 2.58. The van der Waals surface area contributed by atoms with Crippen LogP contribution >= 0.6 is 0 Å². The van der Waals surface area contributed by atoms with Gasteiger partial charge in [0.05, 0.1) is 11.1 Å². The lowest BCUT2D eigenvalue weighted by Crippen LogP contribution is -2.45. The van der Waals surface area contributed by atoms with E-state index in [-0.39, 0.29) is 12.1 Å². The summed E-state index contributed by atoms with van der Waals surface area (Å²) >= 11 is 0. The lowest BCUT2D eigenvalue weighted by Gasteiger charge is -2.36. The number of amides is 1. The predicted octanol–water partition coefficient (Wildman–Crippen LogP) is 6.56. The summed E-state index contributed by atoms with van der Waals surface area (Å²) in [6.45, 7) is 5.30. The summed E-state index contributed by atoms with van der Waals surface area (Å²) in [5.74, 6) is -0.141. The minimum Gasteiger partial charge on any atom is -0.335 e. The number of nitrogens with zero attached hydrogens (tertiary/aromatic N) is 1. The second-order valence-corrected chi connectivity index (χ2v) is 8.76. The third-order valence-corrected chi connectivity index (χ3v) is 5.51. The van der Waals surface area contributed by atoms with E-state index in [1.165, 1.54) is 4.90 Å². The second-order valence-electron chi connectivity index (χ2n) is 8.76. The SMILES string of the molecule is CC(C)CN.O=C(c1cc(C(F)(F)F)cc(C(F)(F)F)c1)N1CCCC[C@H]1Cc1ccccc1. The summed E-state index contributed by atoms with van der Waals surface area (Å²) in [6, 6.07) is 10.1. The van der Waals surface area contributed by atoms with E-state index in [2.05, 4.69) is 13.8 Å². The molecule has 2 aromatic rings. The zero-order chi connectivity index (χ0) is 25.5. The number of nitrogens with two attached hydrogens (primary N) is 1. The van der Waals surface area contributed by atoms with Gasteiger partial charge in [-0.15, -0.1) is 0 Å². The Morgan fingerprint density at radius 2 is 1.50 bits per heavy atom. The van der Waals surface area contributed by atoms with Crippen molar-refractivity contribution in [3.8, 4) is 0 Å². The van der Waals surface area contributed by atoms with E-state index in [1.807, 2.05) is 30.3 Å². The lowest BCUT2D eigenvalue weighted by atomic mass is 9.94. The highest BCUT2D eigenvalue weighted by molar-refractivity contribution is 5.95. The van der Waals surface area contributed by atoms with Gasteiger partial charge >= 0.3 is 12.4 Å².